The van der Waals surface area contributed by atoms with Crippen LogP contribution in [0.2, 0.25) is 0 Å². The molecule has 0 aromatic carbocycles. The van der Waals surface area contributed by atoms with E-state index in [1.165, 1.54) is 23.9 Å². The lowest BCUT2D eigenvalue weighted by Gasteiger charge is -2.32. The van der Waals surface area contributed by atoms with Crippen molar-refractivity contribution in [1.82, 2.24) is 14.6 Å². The lowest BCUT2D eigenvalue weighted by molar-refractivity contribution is 0.0644. The topological polar surface area (TPSA) is 92.5 Å². The Kier molecular flexibility index (Phi) is 4.79. The predicted octanol–water partition coefficient (Wildman–Crippen LogP) is 1.57. The normalized spacial score (nSPS) is 19.0. The van der Waals surface area contributed by atoms with Gasteiger partial charge in [-0.05, 0) is 30.2 Å². The van der Waals surface area contributed by atoms with E-state index in [1.54, 1.807) is 22.4 Å². The zero-order valence-electron chi connectivity index (χ0n) is 12.3. The maximum absolute atomic E-state index is 12.2. The van der Waals surface area contributed by atoms with Gasteiger partial charge < -0.3 is 9.32 Å². The standard InChI is InChI=1S/C14H17N3O4S2/c18-14(12-8-15-10-21-12)17-5-1-3-11(9-17)7-16-23(19,20)13-4-2-6-22-13/h2,4,6,8,10-11,16H,1,3,5,7,9H2/t11-/m1/s1. The molecule has 23 heavy (non-hydrogen) atoms. The number of nitrogens with one attached hydrogen (secondary N) is 1. The highest BCUT2D eigenvalue weighted by Gasteiger charge is 2.27. The molecule has 0 radical (unpaired) electrons. The van der Waals surface area contributed by atoms with Gasteiger partial charge in [-0.3, -0.25) is 4.79 Å². The number of aromatic nitrogens is 1. The van der Waals surface area contributed by atoms with Crippen LogP contribution < -0.4 is 4.72 Å². The number of amides is 1. The fourth-order valence-corrected chi connectivity index (χ4v) is 4.76. The van der Waals surface area contributed by atoms with E-state index in [-0.39, 0.29) is 17.6 Å². The summed E-state index contributed by atoms with van der Waals surface area (Å²) in [5.41, 5.74) is 0. The molecule has 124 valence electrons. The van der Waals surface area contributed by atoms with E-state index in [2.05, 4.69) is 9.71 Å². The van der Waals surface area contributed by atoms with Crippen molar-refractivity contribution < 1.29 is 17.6 Å². The first-order valence-electron chi connectivity index (χ1n) is 7.27. The van der Waals surface area contributed by atoms with Crippen LogP contribution in [0.25, 0.3) is 0 Å². The van der Waals surface area contributed by atoms with Crippen LogP contribution in [0.1, 0.15) is 23.4 Å². The second-order valence-corrected chi connectivity index (χ2v) is 8.35. The molecule has 1 N–H and O–H groups in total. The van der Waals surface area contributed by atoms with Crippen LogP contribution >= 0.6 is 11.3 Å². The molecule has 1 saturated heterocycles. The van der Waals surface area contributed by atoms with E-state index in [9.17, 15) is 13.2 Å². The number of thiophene rings is 1. The van der Waals surface area contributed by atoms with E-state index < -0.39 is 10.0 Å². The number of hydrogen-bond acceptors (Lipinski definition) is 6. The summed E-state index contributed by atoms with van der Waals surface area (Å²) in [4.78, 5) is 17.7. The number of piperidine rings is 1. The molecule has 7 nitrogen and oxygen atoms in total. The molecule has 3 heterocycles. The van der Waals surface area contributed by atoms with E-state index in [1.807, 2.05) is 0 Å². The van der Waals surface area contributed by atoms with Crippen molar-refractivity contribution in [2.45, 2.75) is 17.1 Å². The van der Waals surface area contributed by atoms with Crippen LogP contribution in [-0.2, 0) is 10.0 Å². The van der Waals surface area contributed by atoms with Gasteiger partial charge in [-0.25, -0.2) is 18.1 Å². The van der Waals surface area contributed by atoms with Crippen molar-refractivity contribution in [1.29, 1.82) is 0 Å². The second kappa shape index (κ2) is 6.81. The molecule has 1 aliphatic heterocycles. The molecule has 0 bridgehead atoms. The fourth-order valence-electron chi connectivity index (χ4n) is 2.61. The van der Waals surface area contributed by atoms with Crippen molar-refractivity contribution in [3.05, 3.63) is 35.9 Å². The summed E-state index contributed by atoms with van der Waals surface area (Å²) in [5.74, 6) is 0.100. The number of oxazole rings is 1. The number of nitrogens with zero attached hydrogens (tertiary/aromatic N) is 2. The van der Waals surface area contributed by atoms with Gasteiger partial charge in [0.2, 0.25) is 15.8 Å². The third kappa shape index (κ3) is 3.80. The minimum absolute atomic E-state index is 0.0883. The quantitative estimate of drug-likeness (QED) is 0.879. The molecule has 1 amide bonds. The Morgan fingerprint density at radius 1 is 1.52 bits per heavy atom. The lowest BCUT2D eigenvalue weighted by Crippen LogP contribution is -2.43. The van der Waals surface area contributed by atoms with Crippen LogP contribution in [0.3, 0.4) is 0 Å². The van der Waals surface area contributed by atoms with Crippen LogP contribution in [0, 0.1) is 5.92 Å². The Bertz CT molecular complexity index is 741. The van der Waals surface area contributed by atoms with Gasteiger partial charge >= 0.3 is 0 Å². The lowest BCUT2D eigenvalue weighted by atomic mass is 9.98. The SMILES string of the molecule is O=C(c1cnco1)N1CCC[C@H](CNS(=O)(=O)c2cccs2)C1. The summed E-state index contributed by atoms with van der Waals surface area (Å²) in [5, 5.41) is 1.73. The van der Waals surface area contributed by atoms with Gasteiger partial charge in [0.15, 0.2) is 6.39 Å². The minimum Gasteiger partial charge on any atom is -0.438 e. The Morgan fingerprint density at radius 2 is 2.39 bits per heavy atom. The van der Waals surface area contributed by atoms with Crippen molar-refractivity contribution in [3.8, 4) is 0 Å². The highest BCUT2D eigenvalue weighted by atomic mass is 32.2. The Morgan fingerprint density at radius 3 is 3.09 bits per heavy atom. The monoisotopic (exact) mass is 355 g/mol. The number of carbonyl (C=O) groups excluding carboxylic acids is 1. The number of likely N-dealkylation sites (tertiary alicyclic amines) is 1. The van der Waals surface area contributed by atoms with Crippen LogP contribution in [0.5, 0.6) is 0 Å². The summed E-state index contributed by atoms with van der Waals surface area (Å²) in [6.45, 7) is 1.47. The third-order valence-corrected chi connectivity index (χ3v) is 6.59. The number of rotatable bonds is 5. The smallest absolute Gasteiger partial charge is 0.291 e. The van der Waals surface area contributed by atoms with Crippen LogP contribution in [-0.4, -0.2) is 43.8 Å². The summed E-state index contributed by atoms with van der Waals surface area (Å²) in [7, 11) is -3.46. The number of sulfonamides is 1. The first kappa shape index (κ1) is 16.2. The molecule has 3 rings (SSSR count). The number of carbonyl (C=O) groups is 1. The summed E-state index contributed by atoms with van der Waals surface area (Å²) in [6, 6.07) is 3.28. The molecular formula is C14H17N3O4S2. The van der Waals surface area contributed by atoms with Crippen molar-refractivity contribution in [2.24, 2.45) is 5.92 Å². The van der Waals surface area contributed by atoms with Gasteiger partial charge in [-0.15, -0.1) is 11.3 Å². The van der Waals surface area contributed by atoms with Crippen molar-refractivity contribution >= 4 is 27.3 Å². The molecule has 0 aliphatic carbocycles. The number of hydrogen-bond donors (Lipinski definition) is 1. The van der Waals surface area contributed by atoms with E-state index >= 15 is 0 Å². The second-order valence-electron chi connectivity index (χ2n) is 5.41. The Balaban J connectivity index is 1.58. The molecule has 2 aromatic heterocycles. The Hall–Kier alpha value is -1.71. The molecule has 1 fully saturated rings. The summed E-state index contributed by atoms with van der Waals surface area (Å²) < 4.78 is 32.2. The average molecular weight is 355 g/mol. The summed E-state index contributed by atoms with van der Waals surface area (Å²) >= 11 is 1.19. The van der Waals surface area contributed by atoms with Gasteiger partial charge in [0, 0.05) is 19.6 Å². The van der Waals surface area contributed by atoms with Crippen LogP contribution in [0.4, 0.5) is 0 Å². The molecule has 2 aromatic rings. The van der Waals surface area contributed by atoms with Crippen LogP contribution in [0.15, 0.2) is 38.7 Å². The minimum atomic E-state index is -3.46. The Labute approximate surface area is 138 Å². The van der Waals surface area contributed by atoms with Gasteiger partial charge in [-0.2, -0.15) is 0 Å². The van der Waals surface area contributed by atoms with Gasteiger partial charge in [0.1, 0.15) is 4.21 Å². The highest BCUT2D eigenvalue weighted by Crippen LogP contribution is 2.20. The maximum Gasteiger partial charge on any atom is 0.291 e. The molecule has 9 heteroatoms. The molecule has 1 atom stereocenters. The first-order chi connectivity index (χ1) is 11.1. The van der Waals surface area contributed by atoms with E-state index in [0.29, 0.717) is 23.8 Å². The van der Waals surface area contributed by atoms with Gasteiger partial charge in [0.25, 0.3) is 5.91 Å². The predicted molar refractivity (Wildman–Crippen MR) is 84.6 cm³/mol. The molecule has 1 aliphatic rings. The van der Waals surface area contributed by atoms with Crippen molar-refractivity contribution in [2.75, 3.05) is 19.6 Å². The third-order valence-electron chi connectivity index (χ3n) is 3.77. The zero-order valence-corrected chi connectivity index (χ0v) is 14.0. The molecule has 0 unspecified atom stereocenters. The fraction of sp³-hybridized carbons (Fsp3) is 0.429. The largest absolute Gasteiger partial charge is 0.438 e. The van der Waals surface area contributed by atoms with Crippen molar-refractivity contribution in [3.63, 3.8) is 0 Å². The van der Waals surface area contributed by atoms with Gasteiger partial charge in [0.05, 0.1) is 6.20 Å². The first-order valence-corrected chi connectivity index (χ1v) is 9.63. The molecule has 0 saturated carbocycles. The summed E-state index contributed by atoms with van der Waals surface area (Å²) in [6.07, 6.45) is 4.34. The molecule has 0 spiro atoms. The van der Waals surface area contributed by atoms with E-state index in [4.69, 9.17) is 4.42 Å². The molecular weight excluding hydrogens is 338 g/mol. The average Bonchev–Trinajstić information content (AvgIpc) is 3.25. The maximum atomic E-state index is 12.2. The zero-order chi connectivity index (χ0) is 16.3. The van der Waals surface area contributed by atoms with Gasteiger partial charge in [-0.1, -0.05) is 6.07 Å². The highest BCUT2D eigenvalue weighted by molar-refractivity contribution is 7.91. The van der Waals surface area contributed by atoms with E-state index in [0.717, 1.165) is 12.8 Å².